The molecule has 1 aliphatic rings. The number of pyridine rings is 1. The fourth-order valence-corrected chi connectivity index (χ4v) is 2.99. The Bertz CT molecular complexity index is 727. The zero-order valence-corrected chi connectivity index (χ0v) is 14.3. The van der Waals surface area contributed by atoms with Gasteiger partial charge >= 0.3 is 6.01 Å². The van der Waals surface area contributed by atoms with Crippen LogP contribution in [0.5, 0.6) is 6.01 Å². The highest BCUT2D eigenvalue weighted by molar-refractivity contribution is 5.95. The molecule has 24 heavy (non-hydrogen) atoms. The molecule has 0 aromatic carbocycles. The predicted octanol–water partition coefficient (Wildman–Crippen LogP) is 2.48. The van der Waals surface area contributed by atoms with E-state index >= 15 is 0 Å². The van der Waals surface area contributed by atoms with Crippen LogP contribution < -0.4 is 4.74 Å². The van der Waals surface area contributed by atoms with Crippen molar-refractivity contribution in [1.82, 2.24) is 19.9 Å². The summed E-state index contributed by atoms with van der Waals surface area (Å²) in [5.41, 5.74) is 3.17. The molecule has 6 heteroatoms. The molecule has 1 fully saturated rings. The molecule has 0 saturated carbocycles. The molecule has 1 aliphatic heterocycles. The number of likely N-dealkylation sites (tertiary alicyclic amines) is 1. The topological polar surface area (TPSA) is 68.2 Å². The molecule has 3 heterocycles. The Kier molecular flexibility index (Phi) is 4.74. The Morgan fingerprint density at radius 3 is 2.71 bits per heavy atom. The number of hydrogen-bond acceptors (Lipinski definition) is 5. The number of hydrogen-bond donors (Lipinski definition) is 0. The van der Waals surface area contributed by atoms with Gasteiger partial charge in [-0.2, -0.15) is 0 Å². The van der Waals surface area contributed by atoms with E-state index in [1.54, 1.807) is 12.3 Å². The third-order valence-electron chi connectivity index (χ3n) is 4.14. The van der Waals surface area contributed by atoms with Crippen molar-refractivity contribution in [2.45, 2.75) is 39.7 Å². The van der Waals surface area contributed by atoms with Crippen molar-refractivity contribution in [3.8, 4) is 6.01 Å². The Labute approximate surface area is 141 Å². The van der Waals surface area contributed by atoms with E-state index in [1.165, 1.54) is 0 Å². The number of carbonyl (C=O) groups is 1. The lowest BCUT2D eigenvalue weighted by atomic mass is 10.1. The molecule has 0 radical (unpaired) electrons. The van der Waals surface area contributed by atoms with E-state index in [0.29, 0.717) is 18.1 Å². The lowest BCUT2D eigenvalue weighted by molar-refractivity contribution is 0.0514. The number of aryl methyl sites for hydroxylation is 3. The van der Waals surface area contributed by atoms with Gasteiger partial charge in [-0.3, -0.25) is 9.78 Å². The van der Waals surface area contributed by atoms with Gasteiger partial charge in [0.25, 0.3) is 5.91 Å². The van der Waals surface area contributed by atoms with Crippen LogP contribution >= 0.6 is 0 Å². The summed E-state index contributed by atoms with van der Waals surface area (Å²) < 4.78 is 5.93. The largest absolute Gasteiger partial charge is 0.458 e. The summed E-state index contributed by atoms with van der Waals surface area (Å²) in [6.07, 6.45) is 3.42. The molecule has 2 aromatic rings. The van der Waals surface area contributed by atoms with Crippen LogP contribution in [0.1, 0.15) is 40.3 Å². The third kappa shape index (κ3) is 3.69. The summed E-state index contributed by atoms with van der Waals surface area (Å²) in [7, 11) is 0. The summed E-state index contributed by atoms with van der Waals surface area (Å²) >= 11 is 0. The average molecular weight is 326 g/mol. The monoisotopic (exact) mass is 326 g/mol. The van der Waals surface area contributed by atoms with Crippen LogP contribution in [0.4, 0.5) is 0 Å². The smallest absolute Gasteiger partial charge is 0.317 e. The lowest BCUT2D eigenvalue weighted by Crippen LogP contribution is -2.44. The van der Waals surface area contributed by atoms with E-state index in [9.17, 15) is 4.79 Å². The number of rotatable bonds is 3. The van der Waals surface area contributed by atoms with Gasteiger partial charge in [-0.05, 0) is 51.8 Å². The van der Waals surface area contributed by atoms with E-state index in [0.717, 1.165) is 36.5 Å². The van der Waals surface area contributed by atoms with Crippen molar-refractivity contribution < 1.29 is 9.53 Å². The predicted molar refractivity (Wildman–Crippen MR) is 90.0 cm³/mol. The molecule has 0 spiro atoms. The normalized spacial score (nSPS) is 17.6. The van der Waals surface area contributed by atoms with Crippen LogP contribution in [0.2, 0.25) is 0 Å². The van der Waals surface area contributed by atoms with Crippen molar-refractivity contribution >= 4 is 5.91 Å². The zero-order valence-electron chi connectivity index (χ0n) is 14.3. The zero-order chi connectivity index (χ0) is 17.1. The van der Waals surface area contributed by atoms with E-state index in [4.69, 9.17) is 4.74 Å². The van der Waals surface area contributed by atoms with Crippen molar-refractivity contribution in [2.24, 2.45) is 0 Å². The lowest BCUT2D eigenvalue weighted by Gasteiger charge is -2.32. The molecule has 3 rings (SSSR count). The minimum Gasteiger partial charge on any atom is -0.458 e. The van der Waals surface area contributed by atoms with Crippen molar-refractivity contribution in [3.63, 3.8) is 0 Å². The first kappa shape index (κ1) is 16.4. The van der Waals surface area contributed by atoms with Crippen LogP contribution in [0, 0.1) is 20.8 Å². The van der Waals surface area contributed by atoms with E-state index in [-0.39, 0.29) is 12.0 Å². The number of piperidine rings is 1. The van der Waals surface area contributed by atoms with Gasteiger partial charge in [0.05, 0.1) is 12.1 Å². The molecule has 0 N–H and O–H groups in total. The number of amides is 1. The van der Waals surface area contributed by atoms with E-state index in [2.05, 4.69) is 15.0 Å². The van der Waals surface area contributed by atoms with Gasteiger partial charge in [-0.1, -0.05) is 0 Å². The van der Waals surface area contributed by atoms with E-state index in [1.807, 2.05) is 37.8 Å². The Balaban J connectivity index is 1.70. The highest BCUT2D eigenvalue weighted by atomic mass is 16.5. The average Bonchev–Trinajstić information content (AvgIpc) is 2.54. The summed E-state index contributed by atoms with van der Waals surface area (Å²) in [5, 5.41) is 0. The van der Waals surface area contributed by atoms with Gasteiger partial charge in [0.15, 0.2) is 0 Å². The van der Waals surface area contributed by atoms with Gasteiger partial charge in [0.1, 0.15) is 6.10 Å². The Morgan fingerprint density at radius 1 is 1.25 bits per heavy atom. The fraction of sp³-hybridized carbons (Fsp3) is 0.444. The molecule has 126 valence electrons. The van der Waals surface area contributed by atoms with Gasteiger partial charge in [0, 0.05) is 29.8 Å². The molecule has 1 unspecified atom stereocenters. The molecule has 1 amide bonds. The number of ether oxygens (including phenoxy) is 1. The van der Waals surface area contributed by atoms with Crippen LogP contribution in [-0.2, 0) is 0 Å². The summed E-state index contributed by atoms with van der Waals surface area (Å²) in [6.45, 7) is 6.98. The minimum absolute atomic E-state index is 0.00948. The third-order valence-corrected chi connectivity index (χ3v) is 4.14. The molecule has 1 saturated heterocycles. The van der Waals surface area contributed by atoms with Crippen molar-refractivity contribution in [3.05, 3.63) is 47.0 Å². The van der Waals surface area contributed by atoms with Crippen molar-refractivity contribution in [1.29, 1.82) is 0 Å². The standard InChI is InChI=1S/C18H22N4O2/c1-12-10-13(2)21-18(20-12)24-15-6-5-9-22(11-15)17(23)16-7-4-8-19-14(16)3/h4,7-8,10,15H,5-6,9,11H2,1-3H3. The van der Waals surface area contributed by atoms with E-state index < -0.39 is 0 Å². The maximum Gasteiger partial charge on any atom is 0.317 e. The first-order valence-electron chi connectivity index (χ1n) is 8.23. The summed E-state index contributed by atoms with van der Waals surface area (Å²) in [4.78, 5) is 27.4. The second kappa shape index (κ2) is 6.95. The molecule has 6 nitrogen and oxygen atoms in total. The SMILES string of the molecule is Cc1cc(C)nc(OC2CCCN(C(=O)c3cccnc3C)C2)n1. The minimum atomic E-state index is -0.0825. The summed E-state index contributed by atoms with van der Waals surface area (Å²) in [5.74, 6) is 0.00948. The van der Waals surface area contributed by atoms with Crippen molar-refractivity contribution in [2.75, 3.05) is 13.1 Å². The van der Waals surface area contributed by atoms with Crippen LogP contribution in [0.3, 0.4) is 0 Å². The van der Waals surface area contributed by atoms with Gasteiger partial charge < -0.3 is 9.64 Å². The second-order valence-corrected chi connectivity index (χ2v) is 6.20. The molecule has 0 bridgehead atoms. The first-order valence-corrected chi connectivity index (χ1v) is 8.23. The van der Waals surface area contributed by atoms with Gasteiger partial charge in [-0.15, -0.1) is 0 Å². The summed E-state index contributed by atoms with van der Waals surface area (Å²) in [6, 6.07) is 5.92. The van der Waals surface area contributed by atoms with Crippen LogP contribution in [-0.4, -0.2) is 45.0 Å². The highest BCUT2D eigenvalue weighted by Crippen LogP contribution is 2.19. The maximum atomic E-state index is 12.7. The second-order valence-electron chi connectivity index (χ2n) is 6.20. The number of aromatic nitrogens is 3. The highest BCUT2D eigenvalue weighted by Gasteiger charge is 2.27. The van der Waals surface area contributed by atoms with Gasteiger partial charge in [0.2, 0.25) is 0 Å². The van der Waals surface area contributed by atoms with Crippen LogP contribution in [0.15, 0.2) is 24.4 Å². The maximum absolute atomic E-state index is 12.7. The first-order chi connectivity index (χ1) is 11.5. The van der Waals surface area contributed by atoms with Crippen LogP contribution in [0.25, 0.3) is 0 Å². The molecule has 0 aliphatic carbocycles. The van der Waals surface area contributed by atoms with Gasteiger partial charge in [-0.25, -0.2) is 9.97 Å². The molecule has 1 atom stereocenters. The fourth-order valence-electron chi connectivity index (χ4n) is 2.99. The quantitative estimate of drug-likeness (QED) is 0.867. The molecular formula is C18H22N4O2. The number of nitrogens with zero attached hydrogens (tertiary/aromatic N) is 4. The molecular weight excluding hydrogens is 304 g/mol. The Hall–Kier alpha value is -2.50. The number of carbonyl (C=O) groups excluding carboxylic acids is 1. The molecule has 2 aromatic heterocycles. The Morgan fingerprint density at radius 2 is 2.00 bits per heavy atom.